The van der Waals surface area contributed by atoms with Gasteiger partial charge in [0.1, 0.15) is 5.75 Å². The maximum atomic E-state index is 5.28. The summed E-state index contributed by atoms with van der Waals surface area (Å²) < 4.78 is 5.28. The molecule has 0 radical (unpaired) electrons. The molecule has 0 aliphatic carbocycles. The Labute approximate surface area is 149 Å². The monoisotopic (exact) mass is 329 g/mol. The Kier molecular flexibility index (Phi) is 9.29. The first-order valence-corrected chi connectivity index (χ1v) is 9.17. The van der Waals surface area contributed by atoms with E-state index >= 15 is 0 Å². The number of rotatable bonds is 10. The van der Waals surface area contributed by atoms with Gasteiger partial charge in [0.25, 0.3) is 0 Å². The minimum atomic E-state index is 0.533. The molecule has 0 spiro atoms. The Bertz CT molecular complexity index is 523. The minimum Gasteiger partial charge on any atom is -0.497 e. The summed E-state index contributed by atoms with van der Waals surface area (Å²) in [5.41, 5.74) is 4.14. The van der Waals surface area contributed by atoms with Gasteiger partial charge < -0.3 is 9.64 Å². The van der Waals surface area contributed by atoms with Crippen molar-refractivity contribution in [3.8, 4) is 5.75 Å². The number of hydrogen-bond donors (Lipinski definition) is 0. The summed E-state index contributed by atoms with van der Waals surface area (Å²) in [7, 11) is 1.71. The average Bonchev–Trinajstić information content (AvgIpc) is 2.55. The highest BCUT2D eigenvalue weighted by Crippen LogP contribution is 2.23. The van der Waals surface area contributed by atoms with Crippen LogP contribution in [0.4, 0.5) is 5.69 Å². The maximum absolute atomic E-state index is 5.28. The second-order valence-corrected chi connectivity index (χ2v) is 6.86. The van der Waals surface area contributed by atoms with Gasteiger partial charge in [0.2, 0.25) is 0 Å². The van der Waals surface area contributed by atoms with Crippen LogP contribution in [0.3, 0.4) is 0 Å². The van der Waals surface area contributed by atoms with Crippen LogP contribution in [0.5, 0.6) is 5.75 Å². The number of nitrogens with zero attached hydrogens (tertiary/aromatic N) is 1. The third-order valence-electron chi connectivity index (χ3n) is 4.37. The van der Waals surface area contributed by atoms with Crippen molar-refractivity contribution < 1.29 is 4.74 Å². The number of ether oxygens (including phenoxy) is 1. The van der Waals surface area contributed by atoms with E-state index in [1.165, 1.54) is 29.7 Å². The lowest BCUT2D eigenvalue weighted by Crippen LogP contribution is -2.33. The van der Waals surface area contributed by atoms with Crippen LogP contribution in [-0.4, -0.2) is 19.7 Å². The van der Waals surface area contributed by atoms with Crippen LogP contribution < -0.4 is 9.64 Å². The molecule has 0 bridgehead atoms. The predicted octanol–water partition coefficient (Wildman–Crippen LogP) is 6.38. The molecule has 1 unspecified atom stereocenters. The summed E-state index contributed by atoms with van der Waals surface area (Å²) in [6.07, 6.45) is 9.39. The fraction of sp³-hybridized carbons (Fsp3) is 0.545. The molecular weight excluding hydrogens is 294 g/mol. The van der Waals surface area contributed by atoms with Crippen molar-refractivity contribution >= 4 is 5.69 Å². The quantitative estimate of drug-likeness (QED) is 0.462. The first kappa shape index (κ1) is 20.3. The van der Waals surface area contributed by atoms with Crippen molar-refractivity contribution in [1.82, 2.24) is 0 Å². The summed E-state index contributed by atoms with van der Waals surface area (Å²) in [5, 5.41) is 0. The normalized spacial score (nSPS) is 12.7. The molecule has 0 aliphatic rings. The summed E-state index contributed by atoms with van der Waals surface area (Å²) in [5.74, 6) is 0.912. The fourth-order valence-electron chi connectivity index (χ4n) is 2.83. The first-order valence-electron chi connectivity index (χ1n) is 9.17. The van der Waals surface area contributed by atoms with Gasteiger partial charge in [-0.15, -0.1) is 0 Å². The highest BCUT2D eigenvalue weighted by Gasteiger charge is 2.13. The molecular formula is C22H35NO. The van der Waals surface area contributed by atoms with Crippen LogP contribution >= 0.6 is 0 Å². The van der Waals surface area contributed by atoms with Gasteiger partial charge in [-0.2, -0.15) is 0 Å². The van der Waals surface area contributed by atoms with E-state index in [4.69, 9.17) is 4.74 Å². The molecule has 0 saturated heterocycles. The molecule has 1 atom stereocenters. The lowest BCUT2D eigenvalue weighted by atomic mass is 10.1. The van der Waals surface area contributed by atoms with Gasteiger partial charge in [0.05, 0.1) is 7.11 Å². The summed E-state index contributed by atoms with van der Waals surface area (Å²) >= 11 is 0. The van der Waals surface area contributed by atoms with Gasteiger partial charge in [-0.1, -0.05) is 36.6 Å². The second kappa shape index (κ2) is 11.0. The van der Waals surface area contributed by atoms with Gasteiger partial charge >= 0.3 is 0 Å². The van der Waals surface area contributed by atoms with Crippen molar-refractivity contribution in [3.63, 3.8) is 0 Å². The average molecular weight is 330 g/mol. The van der Waals surface area contributed by atoms with Crippen LogP contribution in [0.1, 0.15) is 60.3 Å². The highest BCUT2D eigenvalue weighted by atomic mass is 16.5. The lowest BCUT2D eigenvalue weighted by molar-refractivity contribution is 0.414. The van der Waals surface area contributed by atoms with Crippen molar-refractivity contribution in [1.29, 1.82) is 0 Å². The second-order valence-electron chi connectivity index (χ2n) is 6.86. The molecule has 0 heterocycles. The number of hydrogen-bond acceptors (Lipinski definition) is 2. The molecule has 24 heavy (non-hydrogen) atoms. The van der Waals surface area contributed by atoms with Gasteiger partial charge in [-0.25, -0.2) is 0 Å². The molecule has 2 nitrogen and oxygen atoms in total. The molecule has 0 amide bonds. The standard InChI is InChI=1S/C22H35NO/c1-7-9-20(5)23(21-12-14-22(24-6)15-13-21)17-16-19(4)11-8-10-18(2)3/h10,12-16,20H,7-9,11,17H2,1-6H3/b19-16+. The zero-order valence-corrected chi connectivity index (χ0v) is 16.4. The smallest absolute Gasteiger partial charge is 0.119 e. The van der Waals surface area contributed by atoms with E-state index in [2.05, 4.69) is 63.8 Å². The summed E-state index contributed by atoms with van der Waals surface area (Å²) in [6, 6.07) is 8.96. The van der Waals surface area contributed by atoms with E-state index in [1.54, 1.807) is 7.11 Å². The Hall–Kier alpha value is -1.70. The van der Waals surface area contributed by atoms with E-state index in [0.717, 1.165) is 25.1 Å². The highest BCUT2D eigenvalue weighted by molar-refractivity contribution is 5.50. The Balaban J connectivity index is 2.80. The number of methoxy groups -OCH3 is 1. The molecule has 0 fully saturated rings. The van der Waals surface area contributed by atoms with Gasteiger partial charge in [0.15, 0.2) is 0 Å². The molecule has 1 aromatic rings. The summed E-state index contributed by atoms with van der Waals surface area (Å²) in [6.45, 7) is 12.1. The van der Waals surface area contributed by atoms with Gasteiger partial charge in [-0.05, 0) is 71.2 Å². The molecule has 2 heteroatoms. The molecule has 0 saturated carbocycles. The minimum absolute atomic E-state index is 0.533. The van der Waals surface area contributed by atoms with E-state index in [9.17, 15) is 0 Å². The number of benzene rings is 1. The van der Waals surface area contributed by atoms with Crippen molar-refractivity contribution in [2.45, 2.75) is 66.3 Å². The van der Waals surface area contributed by atoms with Gasteiger partial charge in [-0.3, -0.25) is 0 Å². The zero-order chi connectivity index (χ0) is 17.9. The zero-order valence-electron chi connectivity index (χ0n) is 16.4. The molecule has 0 aromatic heterocycles. The maximum Gasteiger partial charge on any atom is 0.119 e. The fourth-order valence-corrected chi connectivity index (χ4v) is 2.83. The van der Waals surface area contributed by atoms with Gasteiger partial charge in [0, 0.05) is 18.3 Å². The van der Waals surface area contributed by atoms with Crippen LogP contribution in [0.2, 0.25) is 0 Å². The third-order valence-corrected chi connectivity index (χ3v) is 4.37. The predicted molar refractivity (Wildman–Crippen MR) is 107 cm³/mol. The first-order chi connectivity index (χ1) is 11.5. The topological polar surface area (TPSA) is 12.5 Å². The van der Waals surface area contributed by atoms with Crippen molar-refractivity contribution in [3.05, 3.63) is 47.6 Å². The van der Waals surface area contributed by atoms with Crippen molar-refractivity contribution in [2.24, 2.45) is 0 Å². The van der Waals surface area contributed by atoms with Crippen molar-refractivity contribution in [2.75, 3.05) is 18.6 Å². The Morgan fingerprint density at radius 2 is 1.79 bits per heavy atom. The van der Waals surface area contributed by atoms with E-state index in [-0.39, 0.29) is 0 Å². The third kappa shape index (κ3) is 7.25. The van der Waals surface area contributed by atoms with E-state index in [1.807, 2.05) is 12.1 Å². The van der Waals surface area contributed by atoms with E-state index < -0.39 is 0 Å². The number of anilines is 1. The van der Waals surface area contributed by atoms with Crippen LogP contribution in [0, 0.1) is 0 Å². The largest absolute Gasteiger partial charge is 0.497 e. The molecule has 134 valence electrons. The van der Waals surface area contributed by atoms with Crippen LogP contribution in [0.15, 0.2) is 47.6 Å². The molecule has 1 aromatic carbocycles. The number of allylic oxidation sites excluding steroid dienone is 3. The molecule has 0 N–H and O–H groups in total. The SMILES string of the molecule is CCCC(C)N(C/C=C(\C)CCC=C(C)C)c1ccc(OC)cc1. The lowest BCUT2D eigenvalue weighted by Gasteiger charge is -2.30. The Morgan fingerprint density at radius 3 is 2.33 bits per heavy atom. The molecule has 0 aliphatic heterocycles. The Morgan fingerprint density at radius 1 is 1.12 bits per heavy atom. The molecule has 1 rings (SSSR count). The summed E-state index contributed by atoms with van der Waals surface area (Å²) in [4.78, 5) is 2.49. The van der Waals surface area contributed by atoms with E-state index in [0.29, 0.717) is 6.04 Å². The van der Waals surface area contributed by atoms with Crippen LogP contribution in [-0.2, 0) is 0 Å². The van der Waals surface area contributed by atoms with Crippen LogP contribution in [0.25, 0.3) is 0 Å².